The standard InChI is InChI=1S/C17H18ClN3O2/c1-12(20-15-8-6-14(18)7-9-15)17(22)21-19-11-13-4-3-5-16(10-13)23-2/h3-12,20H,1-2H3,(H,21,22). The Balaban J connectivity index is 1.88. The Bertz CT molecular complexity index is 686. The number of nitrogens with one attached hydrogen (secondary N) is 2. The third-order valence-corrected chi connectivity index (χ3v) is 3.35. The van der Waals surface area contributed by atoms with Gasteiger partial charge >= 0.3 is 0 Å². The predicted molar refractivity (Wildman–Crippen MR) is 93.3 cm³/mol. The fourth-order valence-electron chi connectivity index (χ4n) is 1.85. The van der Waals surface area contributed by atoms with E-state index in [0.29, 0.717) is 5.02 Å². The Kier molecular flexibility index (Phi) is 6.00. The second-order valence-corrected chi connectivity index (χ2v) is 5.32. The molecule has 0 spiro atoms. The molecule has 0 aliphatic carbocycles. The summed E-state index contributed by atoms with van der Waals surface area (Å²) in [6.07, 6.45) is 1.56. The minimum Gasteiger partial charge on any atom is -0.497 e. The first-order chi connectivity index (χ1) is 11.1. The highest BCUT2D eigenvalue weighted by Gasteiger charge is 2.11. The van der Waals surface area contributed by atoms with Gasteiger partial charge in [0.25, 0.3) is 5.91 Å². The molecular formula is C17H18ClN3O2. The second-order valence-electron chi connectivity index (χ2n) is 4.88. The van der Waals surface area contributed by atoms with Crippen molar-refractivity contribution in [2.75, 3.05) is 12.4 Å². The van der Waals surface area contributed by atoms with Gasteiger partial charge in [0.2, 0.25) is 0 Å². The van der Waals surface area contributed by atoms with E-state index in [4.69, 9.17) is 16.3 Å². The summed E-state index contributed by atoms with van der Waals surface area (Å²) >= 11 is 5.82. The smallest absolute Gasteiger partial charge is 0.262 e. The fourth-order valence-corrected chi connectivity index (χ4v) is 1.98. The summed E-state index contributed by atoms with van der Waals surface area (Å²) in [4.78, 5) is 12.0. The number of methoxy groups -OCH3 is 1. The first-order valence-corrected chi connectivity index (χ1v) is 7.45. The summed E-state index contributed by atoms with van der Waals surface area (Å²) in [5, 5.41) is 7.67. The largest absolute Gasteiger partial charge is 0.497 e. The highest BCUT2D eigenvalue weighted by molar-refractivity contribution is 6.30. The van der Waals surface area contributed by atoms with Crippen LogP contribution in [-0.4, -0.2) is 25.3 Å². The highest BCUT2D eigenvalue weighted by atomic mass is 35.5. The van der Waals surface area contributed by atoms with E-state index in [1.807, 2.05) is 36.4 Å². The van der Waals surface area contributed by atoms with Crippen LogP contribution in [0.2, 0.25) is 5.02 Å². The van der Waals surface area contributed by atoms with Gasteiger partial charge in [0.05, 0.1) is 13.3 Å². The lowest BCUT2D eigenvalue weighted by atomic mass is 10.2. The molecule has 1 amide bonds. The summed E-state index contributed by atoms with van der Waals surface area (Å²) in [6, 6.07) is 14.1. The van der Waals surface area contributed by atoms with Crippen LogP contribution in [0.25, 0.3) is 0 Å². The summed E-state index contributed by atoms with van der Waals surface area (Å²) < 4.78 is 5.13. The van der Waals surface area contributed by atoms with E-state index in [1.54, 1.807) is 32.4 Å². The van der Waals surface area contributed by atoms with Crippen molar-refractivity contribution in [2.24, 2.45) is 5.10 Å². The first-order valence-electron chi connectivity index (χ1n) is 7.07. The lowest BCUT2D eigenvalue weighted by Gasteiger charge is -2.13. The number of rotatable bonds is 6. The zero-order valence-electron chi connectivity index (χ0n) is 12.9. The van der Waals surface area contributed by atoms with Crippen LogP contribution in [-0.2, 0) is 4.79 Å². The van der Waals surface area contributed by atoms with Gasteiger partial charge in [-0.3, -0.25) is 4.79 Å². The number of amides is 1. The molecule has 0 radical (unpaired) electrons. The van der Waals surface area contributed by atoms with Crippen molar-refractivity contribution in [3.8, 4) is 5.75 Å². The number of carbonyl (C=O) groups excluding carboxylic acids is 1. The molecule has 2 rings (SSSR count). The van der Waals surface area contributed by atoms with E-state index in [9.17, 15) is 4.79 Å². The molecule has 1 atom stereocenters. The molecule has 0 bridgehead atoms. The van der Waals surface area contributed by atoms with Gasteiger partial charge in [0, 0.05) is 10.7 Å². The average Bonchev–Trinajstić information content (AvgIpc) is 2.57. The Labute approximate surface area is 140 Å². The van der Waals surface area contributed by atoms with Crippen molar-refractivity contribution in [3.05, 3.63) is 59.1 Å². The number of hydrogen-bond acceptors (Lipinski definition) is 4. The Hall–Kier alpha value is -2.53. The molecule has 23 heavy (non-hydrogen) atoms. The van der Waals surface area contributed by atoms with Crippen molar-refractivity contribution in [1.29, 1.82) is 0 Å². The van der Waals surface area contributed by atoms with Gasteiger partial charge in [-0.15, -0.1) is 0 Å². The number of nitrogens with zero attached hydrogens (tertiary/aromatic N) is 1. The van der Waals surface area contributed by atoms with E-state index < -0.39 is 6.04 Å². The maximum absolute atomic E-state index is 12.0. The van der Waals surface area contributed by atoms with Crippen LogP contribution >= 0.6 is 11.6 Å². The molecule has 2 aromatic carbocycles. The first kappa shape index (κ1) is 16.8. The molecule has 2 N–H and O–H groups in total. The Morgan fingerprint density at radius 3 is 2.70 bits per heavy atom. The lowest BCUT2D eigenvalue weighted by molar-refractivity contribution is -0.121. The molecule has 120 valence electrons. The summed E-state index contributed by atoms with van der Waals surface area (Å²) in [5.41, 5.74) is 4.15. The number of carbonyl (C=O) groups is 1. The molecule has 0 heterocycles. The molecule has 0 aromatic heterocycles. The van der Waals surface area contributed by atoms with Gasteiger partial charge in [-0.1, -0.05) is 23.7 Å². The van der Waals surface area contributed by atoms with E-state index in [2.05, 4.69) is 15.8 Å². The monoisotopic (exact) mass is 331 g/mol. The van der Waals surface area contributed by atoms with Crippen LogP contribution in [0.4, 0.5) is 5.69 Å². The zero-order valence-corrected chi connectivity index (χ0v) is 13.7. The summed E-state index contributed by atoms with van der Waals surface area (Å²) in [5.74, 6) is 0.497. The predicted octanol–water partition coefficient (Wildman–Crippen LogP) is 3.30. The van der Waals surface area contributed by atoms with Gasteiger partial charge in [-0.2, -0.15) is 5.10 Å². The van der Waals surface area contributed by atoms with E-state index in [1.165, 1.54) is 0 Å². The van der Waals surface area contributed by atoms with Crippen LogP contribution in [0.3, 0.4) is 0 Å². The number of anilines is 1. The van der Waals surface area contributed by atoms with Gasteiger partial charge < -0.3 is 10.1 Å². The maximum atomic E-state index is 12.0. The molecule has 6 heteroatoms. The Morgan fingerprint density at radius 1 is 1.26 bits per heavy atom. The maximum Gasteiger partial charge on any atom is 0.262 e. The quantitative estimate of drug-likeness (QED) is 0.630. The summed E-state index contributed by atoms with van der Waals surface area (Å²) in [6.45, 7) is 1.75. The Morgan fingerprint density at radius 2 is 2.00 bits per heavy atom. The van der Waals surface area contributed by atoms with Crippen molar-refractivity contribution in [2.45, 2.75) is 13.0 Å². The molecule has 1 unspecified atom stereocenters. The molecule has 2 aromatic rings. The topological polar surface area (TPSA) is 62.7 Å². The van der Waals surface area contributed by atoms with Gasteiger partial charge in [0.15, 0.2) is 0 Å². The normalized spacial score (nSPS) is 12.0. The third-order valence-electron chi connectivity index (χ3n) is 3.10. The third kappa shape index (κ3) is 5.30. The molecule has 0 saturated carbocycles. The zero-order chi connectivity index (χ0) is 16.7. The van der Waals surface area contributed by atoms with Crippen LogP contribution < -0.4 is 15.5 Å². The highest BCUT2D eigenvalue weighted by Crippen LogP contribution is 2.14. The number of hydrazone groups is 1. The molecule has 0 saturated heterocycles. The number of benzene rings is 2. The second kappa shape index (κ2) is 8.19. The van der Waals surface area contributed by atoms with Crippen molar-refractivity contribution >= 4 is 29.4 Å². The van der Waals surface area contributed by atoms with Crippen molar-refractivity contribution in [1.82, 2.24) is 5.43 Å². The number of hydrogen-bond donors (Lipinski definition) is 2. The SMILES string of the molecule is COc1cccc(C=NNC(=O)C(C)Nc2ccc(Cl)cc2)c1. The van der Waals surface area contributed by atoms with Crippen molar-refractivity contribution < 1.29 is 9.53 Å². The van der Waals surface area contributed by atoms with Crippen LogP contribution in [0.1, 0.15) is 12.5 Å². The minimum atomic E-state index is -0.432. The van der Waals surface area contributed by atoms with Crippen LogP contribution in [0.15, 0.2) is 53.6 Å². The van der Waals surface area contributed by atoms with Gasteiger partial charge in [0.1, 0.15) is 11.8 Å². The van der Waals surface area contributed by atoms with Crippen molar-refractivity contribution in [3.63, 3.8) is 0 Å². The molecule has 0 fully saturated rings. The van der Waals surface area contributed by atoms with Gasteiger partial charge in [-0.25, -0.2) is 5.43 Å². The molecule has 0 aliphatic rings. The fraction of sp³-hybridized carbons (Fsp3) is 0.176. The molecule has 0 aliphatic heterocycles. The molecule has 5 nitrogen and oxygen atoms in total. The molecular weight excluding hydrogens is 314 g/mol. The number of ether oxygens (including phenoxy) is 1. The lowest BCUT2D eigenvalue weighted by Crippen LogP contribution is -2.34. The average molecular weight is 332 g/mol. The van der Waals surface area contributed by atoms with E-state index >= 15 is 0 Å². The summed E-state index contributed by atoms with van der Waals surface area (Å²) in [7, 11) is 1.60. The minimum absolute atomic E-state index is 0.237. The van der Waals surface area contributed by atoms with Crippen LogP contribution in [0.5, 0.6) is 5.75 Å². The van der Waals surface area contributed by atoms with E-state index in [-0.39, 0.29) is 5.91 Å². The van der Waals surface area contributed by atoms with Crippen LogP contribution in [0, 0.1) is 0 Å². The van der Waals surface area contributed by atoms with E-state index in [0.717, 1.165) is 17.0 Å². The number of halogens is 1. The van der Waals surface area contributed by atoms with Gasteiger partial charge in [-0.05, 0) is 48.9 Å².